The van der Waals surface area contributed by atoms with Crippen LogP contribution >= 0.6 is 0 Å². The van der Waals surface area contributed by atoms with Crippen molar-refractivity contribution in [1.82, 2.24) is 9.80 Å². The second-order valence-electron chi connectivity index (χ2n) is 6.19. The molecule has 1 fully saturated rings. The molecule has 0 radical (unpaired) electrons. The maximum absolute atomic E-state index is 12.9. The van der Waals surface area contributed by atoms with Gasteiger partial charge in [0.05, 0.1) is 10.5 Å². The molecule has 0 saturated carbocycles. The molecule has 8 heteroatoms. The van der Waals surface area contributed by atoms with Gasteiger partial charge in [0.2, 0.25) is 0 Å². The molecular weight excluding hydrogens is 348 g/mol. The maximum atomic E-state index is 12.9. The van der Waals surface area contributed by atoms with E-state index in [9.17, 15) is 19.7 Å². The molecule has 0 aliphatic carbocycles. The van der Waals surface area contributed by atoms with Gasteiger partial charge in [-0.2, -0.15) is 0 Å². The number of non-ortho nitro benzene ring substituents is 1. The third kappa shape index (κ3) is 3.89. The van der Waals surface area contributed by atoms with Gasteiger partial charge in [-0.25, -0.2) is 0 Å². The summed E-state index contributed by atoms with van der Waals surface area (Å²) in [6, 6.07) is 13.2. The van der Waals surface area contributed by atoms with Crippen molar-refractivity contribution in [2.45, 2.75) is 0 Å². The van der Waals surface area contributed by atoms with Crippen LogP contribution in [0, 0.1) is 10.1 Å². The Kier molecular flexibility index (Phi) is 5.35. The lowest BCUT2D eigenvalue weighted by molar-refractivity contribution is -0.384. The van der Waals surface area contributed by atoms with Gasteiger partial charge in [0.15, 0.2) is 0 Å². The van der Waals surface area contributed by atoms with Gasteiger partial charge in [-0.1, -0.05) is 18.2 Å². The lowest BCUT2D eigenvalue weighted by atomic mass is 10.1. The Labute approximate surface area is 156 Å². The molecule has 3 rings (SSSR count). The van der Waals surface area contributed by atoms with Crippen LogP contribution in [0.25, 0.3) is 0 Å². The summed E-state index contributed by atoms with van der Waals surface area (Å²) in [6.07, 6.45) is 0. The summed E-state index contributed by atoms with van der Waals surface area (Å²) in [7, 11) is 1.66. The number of carbonyl (C=O) groups is 2. The Morgan fingerprint density at radius 3 is 2.11 bits per heavy atom. The predicted molar refractivity (Wildman–Crippen MR) is 101 cm³/mol. The molecule has 0 unspecified atom stereocenters. The first kappa shape index (κ1) is 18.4. The van der Waals surface area contributed by atoms with Gasteiger partial charge in [0.1, 0.15) is 0 Å². The van der Waals surface area contributed by atoms with Crippen molar-refractivity contribution in [3.05, 3.63) is 69.8 Å². The van der Waals surface area contributed by atoms with Crippen molar-refractivity contribution < 1.29 is 14.5 Å². The van der Waals surface area contributed by atoms with E-state index >= 15 is 0 Å². The van der Waals surface area contributed by atoms with Crippen LogP contribution in [-0.2, 0) is 0 Å². The molecule has 1 aliphatic rings. The molecule has 1 saturated heterocycles. The van der Waals surface area contributed by atoms with Crippen molar-refractivity contribution in [3.8, 4) is 0 Å². The normalized spacial score (nSPS) is 14.0. The summed E-state index contributed by atoms with van der Waals surface area (Å²) in [5, 5.41) is 13.9. The summed E-state index contributed by atoms with van der Waals surface area (Å²) < 4.78 is 0. The van der Waals surface area contributed by atoms with Crippen LogP contribution in [0.2, 0.25) is 0 Å². The Morgan fingerprint density at radius 2 is 1.56 bits per heavy atom. The number of piperazine rings is 1. The van der Waals surface area contributed by atoms with Crippen LogP contribution in [0.4, 0.5) is 11.4 Å². The Balaban J connectivity index is 1.71. The fraction of sp³-hybridized carbons (Fsp3) is 0.263. The Hall–Kier alpha value is -3.42. The molecule has 0 atom stereocenters. The number of benzene rings is 2. The number of rotatable bonds is 4. The minimum Gasteiger partial charge on any atom is -0.387 e. The van der Waals surface area contributed by atoms with Crippen molar-refractivity contribution in [2.24, 2.45) is 0 Å². The summed E-state index contributed by atoms with van der Waals surface area (Å²) in [6.45, 7) is 1.60. The van der Waals surface area contributed by atoms with Crippen LogP contribution in [0.15, 0.2) is 48.5 Å². The highest BCUT2D eigenvalue weighted by atomic mass is 16.6. The molecule has 2 aromatic carbocycles. The fourth-order valence-corrected chi connectivity index (χ4v) is 3.09. The monoisotopic (exact) mass is 368 g/mol. The summed E-state index contributed by atoms with van der Waals surface area (Å²) in [5.74, 6) is -0.344. The van der Waals surface area contributed by atoms with Gasteiger partial charge in [-0.05, 0) is 18.2 Å². The largest absolute Gasteiger partial charge is 0.387 e. The van der Waals surface area contributed by atoms with E-state index in [1.807, 2.05) is 18.2 Å². The number of anilines is 1. The average molecular weight is 368 g/mol. The van der Waals surface area contributed by atoms with E-state index in [2.05, 4.69) is 5.32 Å². The van der Waals surface area contributed by atoms with E-state index in [0.29, 0.717) is 37.4 Å². The Morgan fingerprint density at radius 1 is 0.963 bits per heavy atom. The first-order valence-electron chi connectivity index (χ1n) is 8.61. The molecule has 27 heavy (non-hydrogen) atoms. The number of nitrogens with one attached hydrogen (secondary N) is 1. The van der Waals surface area contributed by atoms with Crippen LogP contribution in [-0.4, -0.2) is 59.8 Å². The Bertz CT molecular complexity index is 861. The summed E-state index contributed by atoms with van der Waals surface area (Å²) >= 11 is 0. The zero-order valence-corrected chi connectivity index (χ0v) is 14.9. The fourth-order valence-electron chi connectivity index (χ4n) is 3.09. The molecule has 0 aromatic heterocycles. The zero-order valence-electron chi connectivity index (χ0n) is 14.9. The number of nitrogens with zero attached hydrogens (tertiary/aromatic N) is 3. The van der Waals surface area contributed by atoms with E-state index in [-0.39, 0.29) is 23.1 Å². The number of carbonyl (C=O) groups excluding carboxylic acids is 2. The van der Waals surface area contributed by atoms with Crippen LogP contribution in [0.5, 0.6) is 0 Å². The highest BCUT2D eigenvalue weighted by Crippen LogP contribution is 2.24. The lowest BCUT2D eigenvalue weighted by Gasteiger charge is -2.35. The van der Waals surface area contributed by atoms with Crippen molar-refractivity contribution in [2.75, 3.05) is 38.5 Å². The molecule has 140 valence electrons. The number of nitro groups is 1. The number of nitro benzene ring substituents is 1. The van der Waals surface area contributed by atoms with Crippen LogP contribution in [0.1, 0.15) is 20.7 Å². The van der Waals surface area contributed by atoms with E-state index in [1.54, 1.807) is 29.0 Å². The number of amides is 2. The zero-order chi connectivity index (χ0) is 19.4. The molecule has 0 bridgehead atoms. The minimum atomic E-state index is -0.521. The van der Waals surface area contributed by atoms with Gasteiger partial charge in [0.25, 0.3) is 17.5 Å². The van der Waals surface area contributed by atoms with Gasteiger partial charge in [-0.15, -0.1) is 0 Å². The molecule has 8 nitrogen and oxygen atoms in total. The summed E-state index contributed by atoms with van der Waals surface area (Å²) in [4.78, 5) is 39.2. The van der Waals surface area contributed by atoms with E-state index in [4.69, 9.17) is 0 Å². The van der Waals surface area contributed by atoms with Crippen LogP contribution < -0.4 is 5.32 Å². The lowest BCUT2D eigenvalue weighted by Crippen LogP contribution is -2.50. The second kappa shape index (κ2) is 7.86. The number of hydrogen-bond donors (Lipinski definition) is 1. The molecule has 0 spiro atoms. The highest BCUT2D eigenvalue weighted by molar-refractivity contribution is 6.00. The maximum Gasteiger partial charge on any atom is 0.270 e. The molecule has 1 heterocycles. The van der Waals surface area contributed by atoms with Gasteiger partial charge >= 0.3 is 0 Å². The minimum absolute atomic E-state index is 0.0611. The van der Waals surface area contributed by atoms with Crippen LogP contribution in [0.3, 0.4) is 0 Å². The average Bonchev–Trinajstić information content (AvgIpc) is 2.73. The van der Waals surface area contributed by atoms with Crippen molar-refractivity contribution >= 4 is 23.2 Å². The first-order chi connectivity index (χ1) is 13.0. The standard InChI is InChI=1S/C19H20N4O4/c1-20-17-8-7-15(23(26)27)13-16(17)19(25)22-11-9-21(10-12-22)18(24)14-5-3-2-4-6-14/h2-8,13,20H,9-12H2,1H3. The van der Waals surface area contributed by atoms with E-state index in [1.165, 1.54) is 18.2 Å². The molecule has 1 aliphatic heterocycles. The SMILES string of the molecule is CNc1ccc([N+](=O)[O-])cc1C(=O)N1CCN(C(=O)c2ccccc2)CC1. The third-order valence-corrected chi connectivity index (χ3v) is 4.59. The van der Waals surface area contributed by atoms with E-state index < -0.39 is 4.92 Å². The number of hydrogen-bond acceptors (Lipinski definition) is 5. The third-order valence-electron chi connectivity index (χ3n) is 4.59. The van der Waals surface area contributed by atoms with Gasteiger partial charge in [0, 0.05) is 56.6 Å². The quantitative estimate of drug-likeness (QED) is 0.659. The first-order valence-corrected chi connectivity index (χ1v) is 8.61. The van der Waals surface area contributed by atoms with E-state index in [0.717, 1.165) is 0 Å². The molecule has 1 N–H and O–H groups in total. The van der Waals surface area contributed by atoms with Gasteiger partial charge in [-0.3, -0.25) is 19.7 Å². The smallest absolute Gasteiger partial charge is 0.270 e. The summed E-state index contributed by atoms with van der Waals surface area (Å²) in [5.41, 5.74) is 1.28. The topological polar surface area (TPSA) is 95.8 Å². The molecular formula is C19H20N4O4. The van der Waals surface area contributed by atoms with Crippen molar-refractivity contribution in [3.63, 3.8) is 0 Å². The second-order valence-corrected chi connectivity index (χ2v) is 6.19. The van der Waals surface area contributed by atoms with Gasteiger partial charge < -0.3 is 15.1 Å². The highest BCUT2D eigenvalue weighted by Gasteiger charge is 2.27. The molecule has 2 aromatic rings. The molecule has 2 amide bonds. The predicted octanol–water partition coefficient (Wildman–Crippen LogP) is 2.23. The van der Waals surface area contributed by atoms with Crippen molar-refractivity contribution in [1.29, 1.82) is 0 Å².